The number of ether oxygens (including phenoxy) is 2. The quantitative estimate of drug-likeness (QED) is 0.661. The summed E-state index contributed by atoms with van der Waals surface area (Å²) in [6.07, 6.45) is 1.29. The van der Waals surface area contributed by atoms with Gasteiger partial charge in [0.05, 0.1) is 18.7 Å². The van der Waals surface area contributed by atoms with E-state index >= 15 is 0 Å². The standard InChI is InChI=1S/C22H23N3O6S/c26-14-19(15-4-2-1-3-5-15)22(27)24-10-16-12-25(13-17(16)11-24)32(28,29)18-8-20-21(23-9-18)31-7-6-30-20/h1-5,8-9,19,26H,6-7,10-14H2. The monoisotopic (exact) mass is 457 g/mol. The molecule has 0 spiro atoms. The van der Waals surface area contributed by atoms with E-state index in [2.05, 4.69) is 4.98 Å². The van der Waals surface area contributed by atoms with Gasteiger partial charge in [0.25, 0.3) is 5.88 Å². The highest BCUT2D eigenvalue weighted by Gasteiger charge is 2.39. The van der Waals surface area contributed by atoms with Crippen molar-refractivity contribution < 1.29 is 27.8 Å². The first-order chi connectivity index (χ1) is 15.5. The van der Waals surface area contributed by atoms with Crippen LogP contribution in [0, 0.1) is 0 Å². The Morgan fingerprint density at radius 3 is 2.44 bits per heavy atom. The smallest absolute Gasteiger partial charge is 0.257 e. The fraction of sp³-hybridized carbons (Fsp3) is 0.364. The molecule has 168 valence electrons. The Hall–Kier alpha value is -2.95. The highest BCUT2D eigenvalue weighted by molar-refractivity contribution is 7.89. The zero-order chi connectivity index (χ0) is 22.3. The third-order valence-electron chi connectivity index (χ3n) is 6.00. The van der Waals surface area contributed by atoms with Crippen LogP contribution in [0.15, 0.2) is 58.6 Å². The lowest BCUT2D eigenvalue weighted by atomic mass is 9.98. The summed E-state index contributed by atoms with van der Waals surface area (Å²) in [6, 6.07) is 10.6. The maximum absolute atomic E-state index is 13.2. The normalized spacial score (nSPS) is 19.2. The zero-order valence-corrected chi connectivity index (χ0v) is 18.1. The van der Waals surface area contributed by atoms with E-state index in [4.69, 9.17) is 9.47 Å². The number of amides is 1. The maximum Gasteiger partial charge on any atom is 0.257 e. The maximum atomic E-state index is 13.2. The van der Waals surface area contributed by atoms with E-state index in [0.717, 1.165) is 16.7 Å². The molecule has 0 bridgehead atoms. The molecular formula is C22H23N3O6S. The van der Waals surface area contributed by atoms with Crippen LogP contribution in [0.1, 0.15) is 11.5 Å². The molecule has 2 aromatic rings. The topological polar surface area (TPSA) is 109 Å². The number of pyridine rings is 1. The molecule has 1 amide bonds. The van der Waals surface area contributed by atoms with Gasteiger partial charge < -0.3 is 19.5 Å². The molecular weight excluding hydrogens is 434 g/mol. The average Bonchev–Trinajstić information content (AvgIpc) is 3.40. The molecule has 4 heterocycles. The molecule has 9 nitrogen and oxygen atoms in total. The number of carbonyl (C=O) groups is 1. The first-order valence-corrected chi connectivity index (χ1v) is 11.8. The van der Waals surface area contributed by atoms with Gasteiger partial charge in [-0.2, -0.15) is 4.31 Å². The number of aromatic nitrogens is 1. The van der Waals surface area contributed by atoms with Crippen molar-refractivity contribution in [1.82, 2.24) is 14.2 Å². The van der Waals surface area contributed by atoms with Crippen molar-refractivity contribution in [3.8, 4) is 11.6 Å². The fourth-order valence-electron chi connectivity index (χ4n) is 4.31. The summed E-state index contributed by atoms with van der Waals surface area (Å²) in [7, 11) is -3.77. The van der Waals surface area contributed by atoms with Crippen molar-refractivity contribution >= 4 is 15.9 Å². The first-order valence-electron chi connectivity index (χ1n) is 10.4. The van der Waals surface area contributed by atoms with Crippen molar-refractivity contribution in [1.29, 1.82) is 0 Å². The molecule has 0 saturated carbocycles. The van der Waals surface area contributed by atoms with Gasteiger partial charge in [0.15, 0.2) is 5.75 Å². The van der Waals surface area contributed by atoms with Gasteiger partial charge in [0.1, 0.15) is 18.1 Å². The zero-order valence-electron chi connectivity index (χ0n) is 17.3. The molecule has 1 atom stereocenters. The Morgan fingerprint density at radius 2 is 1.75 bits per heavy atom. The number of hydrogen-bond donors (Lipinski definition) is 1. The van der Waals surface area contributed by atoms with Gasteiger partial charge in [-0.1, -0.05) is 30.3 Å². The van der Waals surface area contributed by atoms with Gasteiger partial charge in [-0.15, -0.1) is 0 Å². The van der Waals surface area contributed by atoms with Crippen LogP contribution in [0.5, 0.6) is 11.6 Å². The van der Waals surface area contributed by atoms with Crippen molar-refractivity contribution in [2.24, 2.45) is 0 Å². The van der Waals surface area contributed by atoms with Crippen LogP contribution in [-0.4, -0.2) is 79.6 Å². The van der Waals surface area contributed by atoms with Crippen LogP contribution in [0.4, 0.5) is 0 Å². The second-order valence-electron chi connectivity index (χ2n) is 7.99. The minimum absolute atomic E-state index is 0.0558. The van der Waals surface area contributed by atoms with Crippen LogP contribution >= 0.6 is 0 Å². The van der Waals surface area contributed by atoms with E-state index in [1.165, 1.54) is 16.6 Å². The molecule has 0 aliphatic carbocycles. The molecule has 10 heteroatoms. The van der Waals surface area contributed by atoms with E-state index in [1.54, 1.807) is 4.90 Å². The number of rotatable bonds is 5. The van der Waals surface area contributed by atoms with E-state index in [1.807, 2.05) is 30.3 Å². The van der Waals surface area contributed by atoms with E-state index in [-0.39, 0.29) is 30.5 Å². The van der Waals surface area contributed by atoms with Gasteiger partial charge in [0.2, 0.25) is 15.9 Å². The largest absolute Gasteiger partial charge is 0.484 e. The van der Waals surface area contributed by atoms with Gasteiger partial charge in [0, 0.05) is 32.2 Å². The minimum atomic E-state index is -3.77. The molecule has 1 aromatic heterocycles. The van der Waals surface area contributed by atoms with Crippen molar-refractivity contribution in [2.45, 2.75) is 10.8 Å². The number of benzene rings is 1. The molecule has 0 radical (unpaired) electrons. The molecule has 1 unspecified atom stereocenters. The third-order valence-corrected chi connectivity index (χ3v) is 7.76. The Bertz CT molecular complexity index is 1160. The number of hydrogen-bond acceptors (Lipinski definition) is 7. The van der Waals surface area contributed by atoms with Crippen molar-refractivity contribution in [2.75, 3.05) is 46.0 Å². The van der Waals surface area contributed by atoms with Crippen LogP contribution in [0.2, 0.25) is 0 Å². The Balaban J connectivity index is 1.27. The molecule has 0 fully saturated rings. The summed E-state index contributed by atoms with van der Waals surface area (Å²) in [5.41, 5.74) is 2.62. The Kier molecular flexibility index (Phi) is 5.36. The Labute approximate surface area is 185 Å². The summed E-state index contributed by atoms with van der Waals surface area (Å²) >= 11 is 0. The second kappa shape index (κ2) is 8.19. The van der Waals surface area contributed by atoms with Crippen LogP contribution in [-0.2, 0) is 14.8 Å². The molecule has 3 aliphatic heterocycles. The first kappa shape index (κ1) is 20.9. The van der Waals surface area contributed by atoms with Crippen LogP contribution in [0.25, 0.3) is 0 Å². The number of aliphatic hydroxyl groups is 1. The number of carbonyl (C=O) groups excluding carboxylic acids is 1. The van der Waals surface area contributed by atoms with Gasteiger partial charge >= 0.3 is 0 Å². The van der Waals surface area contributed by atoms with Crippen LogP contribution < -0.4 is 9.47 Å². The van der Waals surface area contributed by atoms with E-state index in [9.17, 15) is 18.3 Å². The number of sulfonamides is 1. The van der Waals surface area contributed by atoms with E-state index in [0.29, 0.717) is 37.9 Å². The summed E-state index contributed by atoms with van der Waals surface area (Å²) in [6.45, 7) is 1.63. The van der Waals surface area contributed by atoms with Crippen molar-refractivity contribution in [3.63, 3.8) is 0 Å². The molecule has 3 aliphatic rings. The van der Waals surface area contributed by atoms with Gasteiger partial charge in [-0.05, 0) is 16.7 Å². The SMILES string of the molecule is O=C(C(CO)c1ccccc1)N1CC2=C(C1)CN(S(=O)(=O)c1cnc3c(c1)OCCO3)C2. The summed E-state index contributed by atoms with van der Waals surface area (Å²) in [5.74, 6) is -0.161. The molecule has 1 N–H and O–H groups in total. The molecule has 5 rings (SSSR count). The second-order valence-corrected chi connectivity index (χ2v) is 9.93. The highest BCUT2D eigenvalue weighted by Crippen LogP contribution is 2.34. The molecule has 32 heavy (non-hydrogen) atoms. The summed E-state index contributed by atoms with van der Waals surface area (Å²) < 4.78 is 38.5. The molecule has 0 saturated heterocycles. The minimum Gasteiger partial charge on any atom is -0.484 e. The average molecular weight is 458 g/mol. The van der Waals surface area contributed by atoms with Gasteiger partial charge in [-0.3, -0.25) is 4.79 Å². The number of nitrogens with zero attached hydrogens (tertiary/aromatic N) is 3. The fourth-order valence-corrected chi connectivity index (χ4v) is 5.70. The highest BCUT2D eigenvalue weighted by atomic mass is 32.2. The predicted octanol–water partition coefficient (Wildman–Crippen LogP) is 0.772. The van der Waals surface area contributed by atoms with Gasteiger partial charge in [-0.25, -0.2) is 13.4 Å². The van der Waals surface area contributed by atoms with E-state index < -0.39 is 15.9 Å². The lowest BCUT2D eigenvalue weighted by Gasteiger charge is -2.26. The third kappa shape index (κ3) is 3.64. The Morgan fingerprint density at radius 1 is 1.06 bits per heavy atom. The lowest BCUT2D eigenvalue weighted by molar-refractivity contribution is -0.132. The summed E-state index contributed by atoms with van der Waals surface area (Å²) in [5, 5.41) is 9.80. The van der Waals surface area contributed by atoms with Crippen LogP contribution in [0.3, 0.4) is 0 Å². The predicted molar refractivity (Wildman–Crippen MR) is 114 cm³/mol. The number of aliphatic hydroxyl groups excluding tert-OH is 1. The summed E-state index contributed by atoms with van der Waals surface area (Å²) in [4.78, 5) is 18.8. The number of fused-ring (bicyclic) bond motifs is 1. The van der Waals surface area contributed by atoms with Crippen molar-refractivity contribution in [3.05, 3.63) is 59.3 Å². The molecule has 1 aromatic carbocycles. The lowest BCUT2D eigenvalue weighted by Crippen LogP contribution is -2.39.